The van der Waals surface area contributed by atoms with Crippen LogP contribution in [-0.2, 0) is 45.9 Å². The number of carbonyl (C=O) groups excluding carboxylic acids is 3. The molecule has 0 radical (unpaired) electrons. The lowest BCUT2D eigenvalue weighted by molar-refractivity contribution is -0.137. The Morgan fingerprint density at radius 2 is 1.68 bits per heavy atom. The molecule has 0 spiro atoms. The van der Waals surface area contributed by atoms with Crippen molar-refractivity contribution in [3.05, 3.63) is 76.4 Å². The largest absolute Gasteiger partial charge is 0.481 e. The van der Waals surface area contributed by atoms with E-state index in [-0.39, 0.29) is 82.7 Å². The van der Waals surface area contributed by atoms with Crippen LogP contribution in [0.3, 0.4) is 0 Å². The number of hydrogen-bond acceptors (Lipinski definition) is 22. The van der Waals surface area contributed by atoms with Crippen LogP contribution in [0.25, 0.3) is 27.9 Å². The molecular formula is C41H49F3N11O18P3S. The fraction of sp³-hybridized carbons (Fsp3) is 0.463. The molecular weight excluding hydrogens is 1120 g/mol. The minimum absolute atomic E-state index is 0.00118. The van der Waals surface area contributed by atoms with E-state index in [0.29, 0.717) is 30.9 Å². The van der Waals surface area contributed by atoms with Gasteiger partial charge in [0.25, 0.3) is 0 Å². The first-order valence-corrected chi connectivity index (χ1v) is 28.3. The van der Waals surface area contributed by atoms with E-state index < -0.39 is 118 Å². The number of nitrogen functional groups attached to an aromatic ring is 1. The first kappa shape index (κ1) is 57.9. The number of nitrogens with one attached hydrogen (secondary N) is 2. The van der Waals surface area contributed by atoms with E-state index in [2.05, 4.69) is 39.4 Å². The number of nitrogens with zero attached hydrogens (tertiary/aromatic N) is 7. The highest BCUT2D eigenvalue weighted by atomic mass is 32.2. The molecule has 3 aliphatic rings. The number of piperidine rings is 1. The van der Waals surface area contributed by atoms with Gasteiger partial charge in [-0.15, -0.1) is 0 Å². The van der Waals surface area contributed by atoms with Crippen LogP contribution < -0.4 is 32.4 Å². The second-order valence-corrected chi connectivity index (χ2v) is 23.8. The van der Waals surface area contributed by atoms with Crippen LogP contribution in [0.1, 0.15) is 36.9 Å². The highest BCUT2D eigenvalue weighted by Crippen LogP contribution is 2.61. The Balaban J connectivity index is 0.790. The van der Waals surface area contributed by atoms with Crippen LogP contribution in [0, 0.1) is 34.7 Å². The van der Waals surface area contributed by atoms with E-state index in [0.717, 1.165) is 46.2 Å². The monoisotopic (exact) mass is 1170 g/mol. The molecule has 1 aliphatic carbocycles. The highest BCUT2D eigenvalue weighted by molar-refractivity contribution is 8.14. The second-order valence-electron chi connectivity index (χ2n) is 18.5. The Labute approximate surface area is 435 Å². The van der Waals surface area contributed by atoms with Crippen LogP contribution in [0.15, 0.2) is 47.9 Å². The summed E-state index contributed by atoms with van der Waals surface area (Å²) >= 11 is 0.588. The lowest BCUT2D eigenvalue weighted by Crippen LogP contribution is -2.46. The van der Waals surface area contributed by atoms with Gasteiger partial charge >= 0.3 is 23.5 Å². The number of ether oxygens (including phenoxy) is 1. The lowest BCUT2D eigenvalue weighted by Gasteiger charge is -2.30. The summed E-state index contributed by atoms with van der Waals surface area (Å²) in [6, 6.07) is 3.50. The van der Waals surface area contributed by atoms with E-state index in [1.54, 1.807) is 4.90 Å². The number of thioether (sulfide) groups is 1. The van der Waals surface area contributed by atoms with Crippen molar-refractivity contribution in [3.63, 3.8) is 0 Å². The standard InChI is InChI=1S/C41H49F3N11O18P3S/c1-41(2,15-70-76(67,68)73-75(65,66)69-14-26-32(72-74(62,63)64)31(58)39(71-26)55-17-51-29-34(46)49-16-50-37(29)55)33(59)38(60)48-6-5-27(56)47-7-8-77-40(61)22-13-54(25-4-3-18(42)9-23(25)43)35-19(30(22)57)10-24(44)36(52-35)53-11-20-21(12-53)28(20)45/h3-4,9-10,13,16-17,20-21,26,28,31-33,39,58-59H,5-8,11-12,14-15,45H2,1-2H3,(H,47,56)(H,48,60)(H,65,66)(H,67,68)(H2,46,49,50)(H2,62,63,64)/t20-,21+,26?,28?,31?,32?,33?,39?. The average Bonchev–Trinajstić information content (AvgIpc) is 3.76. The van der Waals surface area contributed by atoms with Gasteiger partial charge in [-0.3, -0.25) is 41.9 Å². The number of hydrogen-bond donors (Lipinski definition) is 10. The van der Waals surface area contributed by atoms with Gasteiger partial charge in [0.15, 0.2) is 35.0 Å². The summed E-state index contributed by atoms with van der Waals surface area (Å²) < 4.78 is 108. The maximum atomic E-state index is 15.6. The Hall–Kier alpha value is -5.31. The van der Waals surface area contributed by atoms with Crippen molar-refractivity contribution in [2.24, 2.45) is 23.0 Å². The van der Waals surface area contributed by atoms with E-state index in [1.807, 2.05) is 0 Å². The molecule has 8 rings (SSSR count). The Kier molecular flexibility index (Phi) is 16.9. The Bertz CT molecular complexity index is 3330. The van der Waals surface area contributed by atoms with E-state index in [9.17, 15) is 67.1 Å². The summed E-state index contributed by atoms with van der Waals surface area (Å²) in [5.41, 5.74) is 8.25. The van der Waals surface area contributed by atoms with E-state index >= 15 is 8.78 Å². The summed E-state index contributed by atoms with van der Waals surface area (Å²) in [6.45, 7) is 0.530. The number of phosphoric ester groups is 3. The molecule has 5 aromatic rings. The molecule has 1 aromatic carbocycles. The zero-order valence-electron chi connectivity index (χ0n) is 40.1. The number of halogens is 3. The summed E-state index contributed by atoms with van der Waals surface area (Å²) in [5.74, 6) is -4.57. The molecule has 8 unspecified atom stereocenters. The smallest absolute Gasteiger partial charge is 0.386 e. The van der Waals surface area contributed by atoms with Gasteiger partial charge in [-0.2, -0.15) is 4.31 Å². The van der Waals surface area contributed by atoms with Gasteiger partial charge in [-0.05, 0) is 30.0 Å². The number of nitrogens with two attached hydrogens (primary N) is 2. The molecule has 1 saturated carbocycles. The van der Waals surface area contributed by atoms with Crippen molar-refractivity contribution >= 4 is 86.0 Å². The van der Waals surface area contributed by atoms with Gasteiger partial charge in [0.2, 0.25) is 22.4 Å². The summed E-state index contributed by atoms with van der Waals surface area (Å²) in [6.07, 6.45) is -6.45. The van der Waals surface area contributed by atoms with Crippen molar-refractivity contribution in [2.45, 2.75) is 57.0 Å². The van der Waals surface area contributed by atoms with Crippen molar-refractivity contribution in [1.29, 1.82) is 0 Å². The Morgan fingerprint density at radius 1 is 0.974 bits per heavy atom. The topological polar surface area (TPSA) is 428 Å². The molecule has 77 heavy (non-hydrogen) atoms. The summed E-state index contributed by atoms with van der Waals surface area (Å²) in [5, 5.41) is 25.3. The van der Waals surface area contributed by atoms with E-state index in [1.165, 1.54) is 13.8 Å². The van der Waals surface area contributed by atoms with Gasteiger partial charge < -0.3 is 61.5 Å². The molecule has 2 aliphatic heterocycles. The molecule has 4 aromatic heterocycles. The van der Waals surface area contributed by atoms with Crippen molar-refractivity contribution < 1.29 is 93.7 Å². The lowest BCUT2D eigenvalue weighted by atomic mass is 9.87. The first-order chi connectivity index (χ1) is 36.0. The van der Waals surface area contributed by atoms with Crippen molar-refractivity contribution in [2.75, 3.05) is 55.8 Å². The zero-order valence-corrected chi connectivity index (χ0v) is 43.6. The number of anilines is 2. The SMILES string of the molecule is CC(C)(COP(=O)(O)OP(=O)(O)OCC1OC(n2cnc3c(N)ncnc32)C(O)C1OP(=O)(O)O)C(O)C(=O)NCCC(=O)NCCSC(=O)c1cn(-c2ccc(F)cc2F)c2nc(N3C[C@@H]4C(N)[C@@H]4C3)c(F)cc2c1=O. The normalized spacial score (nSPS) is 23.4. The molecule has 0 bridgehead atoms. The van der Waals surface area contributed by atoms with Gasteiger partial charge in [-0.25, -0.2) is 46.8 Å². The third-order valence-corrected chi connectivity index (χ3v) is 16.6. The molecule has 12 N–H and O–H groups in total. The summed E-state index contributed by atoms with van der Waals surface area (Å²) in [7, 11) is -16.6. The van der Waals surface area contributed by atoms with Crippen LogP contribution >= 0.6 is 35.2 Å². The number of aliphatic hydroxyl groups excluding tert-OH is 2. The summed E-state index contributed by atoms with van der Waals surface area (Å²) in [4.78, 5) is 110. The van der Waals surface area contributed by atoms with Crippen molar-refractivity contribution in [3.8, 4) is 5.69 Å². The molecule has 3 fully saturated rings. The van der Waals surface area contributed by atoms with Gasteiger partial charge in [-0.1, -0.05) is 25.6 Å². The van der Waals surface area contributed by atoms with Crippen LogP contribution in [0.2, 0.25) is 0 Å². The van der Waals surface area contributed by atoms with Crippen LogP contribution in [0.5, 0.6) is 0 Å². The molecule has 2 saturated heterocycles. The predicted octanol–water partition coefficient (Wildman–Crippen LogP) is 0.488. The maximum Gasteiger partial charge on any atom is 0.481 e. The number of benzene rings is 1. The minimum Gasteiger partial charge on any atom is -0.386 e. The third kappa shape index (κ3) is 13.1. The van der Waals surface area contributed by atoms with Crippen LogP contribution in [0.4, 0.5) is 24.8 Å². The van der Waals surface area contributed by atoms with Gasteiger partial charge in [0.1, 0.15) is 47.9 Å². The number of rotatable bonds is 22. The average molecular weight is 1170 g/mol. The molecule has 29 nitrogen and oxygen atoms in total. The number of imidazole rings is 1. The number of aliphatic hydroxyl groups is 2. The fourth-order valence-electron chi connectivity index (χ4n) is 8.54. The number of fused-ring (bicyclic) bond motifs is 3. The number of pyridine rings is 2. The molecule has 10 atom stereocenters. The molecule has 36 heteroatoms. The van der Waals surface area contributed by atoms with Gasteiger partial charge in [0, 0.05) is 62.1 Å². The Morgan fingerprint density at radius 3 is 2.36 bits per heavy atom. The molecule has 418 valence electrons. The number of aromatic nitrogens is 6. The predicted molar refractivity (Wildman–Crippen MR) is 261 cm³/mol. The fourth-order valence-corrected chi connectivity index (χ4v) is 12.1. The molecule has 6 heterocycles. The number of carbonyl (C=O) groups is 3. The number of amides is 2. The van der Waals surface area contributed by atoms with Crippen LogP contribution in [-0.4, -0.2) is 151 Å². The first-order valence-electron chi connectivity index (χ1n) is 22.8. The maximum absolute atomic E-state index is 15.6. The zero-order chi connectivity index (χ0) is 56.1. The van der Waals surface area contributed by atoms with Gasteiger partial charge in [0.05, 0.1) is 36.2 Å². The quantitative estimate of drug-likeness (QED) is 0.0333. The number of phosphoric acid groups is 3. The highest BCUT2D eigenvalue weighted by Gasteiger charge is 2.54. The molecule has 2 amide bonds. The van der Waals surface area contributed by atoms with E-state index in [4.69, 9.17) is 25.3 Å². The van der Waals surface area contributed by atoms with Crippen molar-refractivity contribution in [1.82, 2.24) is 39.7 Å². The second kappa shape index (κ2) is 22.4. The third-order valence-electron chi connectivity index (χ3n) is 12.6. The minimum atomic E-state index is -5.66.